The highest BCUT2D eigenvalue weighted by Gasteiger charge is 2.38. The van der Waals surface area contributed by atoms with E-state index in [1.807, 2.05) is 12.1 Å². The number of aromatic nitrogens is 2. The number of furan rings is 1. The van der Waals surface area contributed by atoms with Crippen LogP contribution in [0.5, 0.6) is 0 Å². The Morgan fingerprint density at radius 3 is 1.94 bits per heavy atom. The predicted molar refractivity (Wildman–Crippen MR) is 198 cm³/mol. The summed E-state index contributed by atoms with van der Waals surface area (Å²) in [6.45, 7) is 0. The SMILES string of the molecule is c1ccc2c(c1)-c1c(c3oc4ccc5ccccc5c4c3c3ccccc13)C2c1nc2ccccc2nc1-c1cccc2ccccc12. The van der Waals surface area contributed by atoms with E-state index >= 15 is 0 Å². The molecule has 2 aromatic heterocycles. The zero-order valence-corrected chi connectivity index (χ0v) is 25.8. The summed E-state index contributed by atoms with van der Waals surface area (Å²) in [6.07, 6.45) is 0. The minimum atomic E-state index is -0.193. The van der Waals surface area contributed by atoms with Gasteiger partial charge in [-0.25, -0.2) is 9.97 Å². The third kappa shape index (κ3) is 3.42. The van der Waals surface area contributed by atoms with Gasteiger partial charge in [0, 0.05) is 21.9 Å². The fraction of sp³-hybridized carbons (Fsp3) is 0.0222. The van der Waals surface area contributed by atoms with Crippen LogP contribution in [0.1, 0.15) is 22.7 Å². The van der Waals surface area contributed by atoms with Crippen LogP contribution >= 0.6 is 0 Å². The van der Waals surface area contributed by atoms with Crippen LogP contribution < -0.4 is 0 Å². The van der Waals surface area contributed by atoms with E-state index < -0.39 is 0 Å². The average Bonchev–Trinajstić information content (AvgIpc) is 3.71. The molecule has 0 aliphatic heterocycles. The molecule has 1 atom stereocenters. The van der Waals surface area contributed by atoms with Crippen LogP contribution in [0.4, 0.5) is 0 Å². The molecule has 0 amide bonds. The van der Waals surface area contributed by atoms with E-state index in [0.717, 1.165) is 60.9 Å². The molecule has 0 fully saturated rings. The van der Waals surface area contributed by atoms with E-state index in [1.165, 1.54) is 43.6 Å². The molecule has 1 aliphatic carbocycles. The molecule has 2 heterocycles. The Bertz CT molecular complexity index is 2970. The molecule has 10 aromatic rings. The smallest absolute Gasteiger partial charge is 0.140 e. The summed E-state index contributed by atoms with van der Waals surface area (Å²) in [5.41, 5.74) is 11.4. The van der Waals surface area contributed by atoms with Crippen LogP contribution in [0.15, 0.2) is 156 Å². The molecule has 0 bridgehead atoms. The number of para-hydroxylation sites is 2. The van der Waals surface area contributed by atoms with Gasteiger partial charge in [-0.15, -0.1) is 0 Å². The normalized spacial score (nSPS) is 14.0. The molecule has 0 saturated heterocycles. The van der Waals surface area contributed by atoms with Crippen molar-refractivity contribution in [2.75, 3.05) is 0 Å². The molecule has 48 heavy (non-hydrogen) atoms. The van der Waals surface area contributed by atoms with Crippen LogP contribution in [0.3, 0.4) is 0 Å². The van der Waals surface area contributed by atoms with E-state index in [1.54, 1.807) is 0 Å². The Balaban J connectivity index is 1.34. The first-order valence-electron chi connectivity index (χ1n) is 16.5. The van der Waals surface area contributed by atoms with E-state index in [9.17, 15) is 0 Å². The third-order valence-corrected chi connectivity index (χ3v) is 10.3. The Hall–Kier alpha value is -6.32. The lowest BCUT2D eigenvalue weighted by atomic mass is 9.86. The second-order valence-corrected chi connectivity index (χ2v) is 12.8. The van der Waals surface area contributed by atoms with Gasteiger partial charge in [-0.05, 0) is 67.2 Å². The summed E-state index contributed by atoms with van der Waals surface area (Å²) >= 11 is 0. The highest BCUT2D eigenvalue weighted by molar-refractivity contribution is 6.30. The Morgan fingerprint density at radius 2 is 1.08 bits per heavy atom. The van der Waals surface area contributed by atoms with Gasteiger partial charge in [-0.3, -0.25) is 0 Å². The zero-order valence-electron chi connectivity index (χ0n) is 25.8. The molecule has 8 aromatic carbocycles. The summed E-state index contributed by atoms with van der Waals surface area (Å²) in [7, 11) is 0. The van der Waals surface area contributed by atoms with Gasteiger partial charge in [-0.1, -0.05) is 133 Å². The second kappa shape index (κ2) is 9.60. The van der Waals surface area contributed by atoms with Crippen LogP contribution in [-0.4, -0.2) is 9.97 Å². The van der Waals surface area contributed by atoms with E-state index in [2.05, 4.69) is 140 Å². The summed E-state index contributed by atoms with van der Waals surface area (Å²) in [5, 5.41) is 9.51. The standard InChI is InChI=1S/C45H26N2O/c1-3-15-28-26(12-1)14-11-21-34(28)43-44(47-36-23-10-9-22-35(36)46-43)40-32-19-7-5-17-30(32)38-31-18-6-8-20-33(31)41-39-29-16-4-2-13-27(29)24-25-37(39)48-45(41)42(38)40/h1-25,40H. The molecule has 0 spiro atoms. The van der Waals surface area contributed by atoms with Crippen LogP contribution in [0.2, 0.25) is 0 Å². The van der Waals surface area contributed by atoms with Crippen molar-refractivity contribution in [3.63, 3.8) is 0 Å². The van der Waals surface area contributed by atoms with Crippen molar-refractivity contribution in [1.82, 2.24) is 9.97 Å². The van der Waals surface area contributed by atoms with Crippen molar-refractivity contribution in [2.24, 2.45) is 0 Å². The Morgan fingerprint density at radius 1 is 0.458 bits per heavy atom. The number of hydrogen-bond donors (Lipinski definition) is 0. The largest absolute Gasteiger partial charge is 0.456 e. The highest BCUT2D eigenvalue weighted by Crippen LogP contribution is 2.56. The first kappa shape index (κ1) is 25.8. The summed E-state index contributed by atoms with van der Waals surface area (Å²) in [5.74, 6) is -0.193. The van der Waals surface area contributed by atoms with Crippen molar-refractivity contribution in [1.29, 1.82) is 0 Å². The molecule has 3 heteroatoms. The minimum absolute atomic E-state index is 0.193. The Labute approximate surface area is 275 Å². The maximum absolute atomic E-state index is 7.05. The van der Waals surface area contributed by atoms with Gasteiger partial charge in [0.15, 0.2) is 0 Å². The molecule has 11 rings (SSSR count). The van der Waals surface area contributed by atoms with Crippen molar-refractivity contribution in [3.05, 3.63) is 168 Å². The van der Waals surface area contributed by atoms with Gasteiger partial charge in [-0.2, -0.15) is 0 Å². The van der Waals surface area contributed by atoms with Crippen LogP contribution in [0.25, 0.3) is 87.7 Å². The minimum Gasteiger partial charge on any atom is -0.456 e. The zero-order chi connectivity index (χ0) is 31.3. The van der Waals surface area contributed by atoms with Crippen molar-refractivity contribution >= 4 is 65.3 Å². The maximum Gasteiger partial charge on any atom is 0.140 e. The van der Waals surface area contributed by atoms with Crippen molar-refractivity contribution in [2.45, 2.75) is 5.92 Å². The lowest BCUT2D eigenvalue weighted by molar-refractivity contribution is 0.662. The molecular weight excluding hydrogens is 585 g/mol. The molecule has 1 aliphatic rings. The highest BCUT2D eigenvalue weighted by atomic mass is 16.3. The summed E-state index contributed by atoms with van der Waals surface area (Å²) in [4.78, 5) is 10.9. The molecule has 3 nitrogen and oxygen atoms in total. The molecule has 1 unspecified atom stereocenters. The number of rotatable bonds is 2. The average molecular weight is 611 g/mol. The first-order valence-corrected chi connectivity index (χ1v) is 16.5. The summed E-state index contributed by atoms with van der Waals surface area (Å²) < 4.78 is 7.05. The lowest BCUT2D eigenvalue weighted by Gasteiger charge is -2.19. The quantitative estimate of drug-likeness (QED) is 0.195. The lowest BCUT2D eigenvalue weighted by Crippen LogP contribution is -2.07. The van der Waals surface area contributed by atoms with Crippen molar-refractivity contribution < 1.29 is 4.42 Å². The van der Waals surface area contributed by atoms with E-state index in [-0.39, 0.29) is 5.92 Å². The summed E-state index contributed by atoms with van der Waals surface area (Å²) in [6, 6.07) is 53.8. The van der Waals surface area contributed by atoms with Gasteiger partial charge in [0.2, 0.25) is 0 Å². The van der Waals surface area contributed by atoms with Gasteiger partial charge in [0.25, 0.3) is 0 Å². The van der Waals surface area contributed by atoms with Crippen LogP contribution in [0, 0.1) is 0 Å². The monoisotopic (exact) mass is 610 g/mol. The predicted octanol–water partition coefficient (Wildman–Crippen LogP) is 11.8. The van der Waals surface area contributed by atoms with Crippen LogP contribution in [-0.2, 0) is 0 Å². The molecular formula is C45H26N2O. The number of hydrogen-bond acceptors (Lipinski definition) is 3. The number of benzene rings is 8. The van der Waals surface area contributed by atoms with Gasteiger partial charge in [0.1, 0.15) is 11.2 Å². The Kier molecular flexibility index (Phi) is 5.17. The van der Waals surface area contributed by atoms with Gasteiger partial charge in [0.05, 0.1) is 28.3 Å². The maximum atomic E-state index is 7.05. The number of fused-ring (bicyclic) bond motifs is 14. The third-order valence-electron chi connectivity index (χ3n) is 10.3. The first-order chi connectivity index (χ1) is 23.8. The number of nitrogens with zero attached hydrogens (tertiary/aromatic N) is 2. The molecule has 0 N–H and O–H groups in total. The van der Waals surface area contributed by atoms with Gasteiger partial charge >= 0.3 is 0 Å². The fourth-order valence-corrected chi connectivity index (χ4v) is 8.32. The van der Waals surface area contributed by atoms with E-state index in [0.29, 0.717) is 0 Å². The van der Waals surface area contributed by atoms with E-state index in [4.69, 9.17) is 14.4 Å². The van der Waals surface area contributed by atoms with Gasteiger partial charge < -0.3 is 4.42 Å². The molecule has 0 saturated carbocycles. The van der Waals surface area contributed by atoms with Crippen molar-refractivity contribution in [3.8, 4) is 22.4 Å². The fourth-order valence-electron chi connectivity index (χ4n) is 8.32. The second-order valence-electron chi connectivity index (χ2n) is 12.8. The molecule has 222 valence electrons. The topological polar surface area (TPSA) is 38.9 Å². The molecule has 0 radical (unpaired) electrons.